The van der Waals surface area contributed by atoms with Crippen molar-refractivity contribution in [3.8, 4) is 0 Å². The molecule has 0 saturated heterocycles. The molecule has 0 fully saturated rings. The molecule has 6 nitrogen and oxygen atoms in total. The van der Waals surface area contributed by atoms with Gasteiger partial charge in [-0.15, -0.1) is 0 Å². The molecule has 62 heavy (non-hydrogen) atoms. The smallest absolute Gasteiger partial charge is 0.150 e. The first-order chi connectivity index (χ1) is 30.6. The molecule has 3 aromatic rings. The maximum Gasteiger partial charge on any atom is 0.150 e. The van der Waals surface area contributed by atoms with Crippen LogP contribution in [0.5, 0.6) is 0 Å². The van der Waals surface area contributed by atoms with E-state index in [9.17, 15) is 9.90 Å². The molecule has 0 atom stereocenters. The fourth-order valence-corrected chi connectivity index (χ4v) is 9.07. The Bertz CT molecular complexity index is 2440. The lowest BCUT2D eigenvalue weighted by Gasteiger charge is -2.12. The SMILES string of the molecule is CCCCCCCCCCCC1=C2C=CC(=N2)C(c2ccc(C=O)cc2)=C2C=CC(=N2)C(=c2ccc(=CO)cc2)C2=NC(=C(CCCCCCCCCCC)c3ccc1[nH]3)C=C2. The summed E-state index contributed by atoms with van der Waals surface area (Å²) >= 11 is 0. The molecule has 1 aromatic heterocycles. The molecular formula is C56H66N4O2. The van der Waals surface area contributed by atoms with Crippen LogP contribution in [0.25, 0.3) is 28.6 Å². The Balaban J connectivity index is 1.30. The van der Waals surface area contributed by atoms with Crippen molar-refractivity contribution in [2.45, 2.75) is 142 Å². The number of rotatable bonds is 22. The Morgan fingerprint density at radius 2 is 0.919 bits per heavy atom. The molecule has 0 unspecified atom stereocenters. The van der Waals surface area contributed by atoms with Crippen LogP contribution in [0.2, 0.25) is 0 Å². The van der Waals surface area contributed by atoms with E-state index < -0.39 is 0 Å². The Morgan fingerprint density at radius 1 is 0.484 bits per heavy atom. The summed E-state index contributed by atoms with van der Waals surface area (Å²) in [6.07, 6.45) is 39.8. The zero-order valence-electron chi connectivity index (χ0n) is 37.2. The molecule has 0 amide bonds. The van der Waals surface area contributed by atoms with Crippen molar-refractivity contribution in [3.63, 3.8) is 0 Å². The number of aldehydes is 1. The van der Waals surface area contributed by atoms with Crippen LogP contribution in [0, 0.1) is 0 Å². The summed E-state index contributed by atoms with van der Waals surface area (Å²) in [4.78, 5) is 31.8. The summed E-state index contributed by atoms with van der Waals surface area (Å²) in [7, 11) is 0. The molecule has 7 rings (SSSR count). The number of carbonyl (C=O) groups excluding carboxylic acids is 1. The lowest BCUT2D eigenvalue weighted by Crippen LogP contribution is -2.19. The quantitative estimate of drug-likeness (QED) is 0.0780. The number of allylic oxidation sites excluding steroid dienone is 9. The van der Waals surface area contributed by atoms with Crippen LogP contribution in [0.1, 0.15) is 170 Å². The van der Waals surface area contributed by atoms with E-state index in [1.807, 2.05) is 48.5 Å². The van der Waals surface area contributed by atoms with Gasteiger partial charge in [0.2, 0.25) is 0 Å². The van der Waals surface area contributed by atoms with E-state index in [4.69, 9.17) is 15.0 Å². The lowest BCUT2D eigenvalue weighted by atomic mass is 9.98. The van der Waals surface area contributed by atoms with Gasteiger partial charge in [0.25, 0.3) is 0 Å². The summed E-state index contributed by atoms with van der Waals surface area (Å²) in [6.45, 7) is 4.56. The standard InChI is InChI=1S/C56H66N4O2/c1-3-5-7-9-11-13-15-17-19-21-45-47-31-32-48(57-47)46(22-20-18-16-14-12-10-8-6-4-2)50-34-36-52(59-50)56(44-29-25-42(40-62)26-30-44)54-38-37-53(60-54)55(51-35-33-49(45)58-51)43-27-23-41(39-61)24-28-43/h23-40,57,61H,3-22H2,1-2H3. The van der Waals surface area contributed by atoms with Gasteiger partial charge in [0.15, 0.2) is 0 Å². The largest absolute Gasteiger partial charge is 0.515 e. The number of benzene rings is 2. The minimum Gasteiger partial charge on any atom is -0.515 e. The molecule has 2 N–H and O–H groups in total. The number of nitrogens with one attached hydrogen (secondary N) is 1. The molecule has 0 spiro atoms. The van der Waals surface area contributed by atoms with Crippen LogP contribution in [0.15, 0.2) is 129 Å². The highest BCUT2D eigenvalue weighted by atomic mass is 16.2. The van der Waals surface area contributed by atoms with E-state index in [0.29, 0.717) is 5.56 Å². The van der Waals surface area contributed by atoms with Crippen molar-refractivity contribution in [2.24, 2.45) is 15.0 Å². The van der Waals surface area contributed by atoms with Crippen molar-refractivity contribution in [2.75, 3.05) is 0 Å². The molecule has 4 aliphatic heterocycles. The zero-order valence-corrected chi connectivity index (χ0v) is 37.2. The summed E-state index contributed by atoms with van der Waals surface area (Å²) in [5.74, 6) is 0. The van der Waals surface area contributed by atoms with Gasteiger partial charge in [0, 0.05) is 44.5 Å². The van der Waals surface area contributed by atoms with Crippen LogP contribution in [0.4, 0.5) is 0 Å². The summed E-state index contributed by atoms with van der Waals surface area (Å²) in [5, 5.41) is 11.5. The molecule has 5 heterocycles. The molecule has 2 aromatic carbocycles. The maximum atomic E-state index is 11.7. The molecule has 0 radical (unpaired) electrons. The molecule has 0 saturated carbocycles. The normalized spacial score (nSPS) is 15.6. The average Bonchev–Trinajstić information content (AvgIpc) is 4.16. The van der Waals surface area contributed by atoms with Crippen molar-refractivity contribution in [3.05, 3.63) is 147 Å². The third-order valence-electron chi connectivity index (χ3n) is 12.6. The number of carbonyl (C=O) groups is 1. The molecule has 6 heteroatoms. The van der Waals surface area contributed by atoms with Crippen LogP contribution in [-0.4, -0.2) is 33.5 Å². The molecule has 0 aliphatic carbocycles. The second-order valence-corrected chi connectivity index (χ2v) is 17.3. The van der Waals surface area contributed by atoms with E-state index in [1.165, 1.54) is 114 Å². The van der Waals surface area contributed by atoms with Gasteiger partial charge in [-0.25, -0.2) is 15.0 Å². The third-order valence-corrected chi connectivity index (χ3v) is 12.6. The summed E-state index contributed by atoms with van der Waals surface area (Å²) in [5.41, 5.74) is 13.4. The summed E-state index contributed by atoms with van der Waals surface area (Å²) < 4.78 is 0. The first kappa shape index (κ1) is 44.4. The molecule has 8 bridgehead atoms. The highest BCUT2D eigenvalue weighted by Crippen LogP contribution is 2.37. The zero-order chi connectivity index (χ0) is 42.9. The third kappa shape index (κ3) is 11.4. The second-order valence-electron chi connectivity index (χ2n) is 17.3. The monoisotopic (exact) mass is 827 g/mol. The number of unbranched alkanes of at least 4 members (excludes halogenated alkanes) is 16. The van der Waals surface area contributed by atoms with E-state index >= 15 is 0 Å². The van der Waals surface area contributed by atoms with Crippen LogP contribution in [-0.2, 0) is 0 Å². The Morgan fingerprint density at radius 3 is 1.39 bits per heavy atom. The fourth-order valence-electron chi connectivity index (χ4n) is 9.07. The van der Waals surface area contributed by atoms with Crippen LogP contribution < -0.4 is 10.4 Å². The second kappa shape index (κ2) is 23.0. The van der Waals surface area contributed by atoms with Gasteiger partial charge in [-0.1, -0.05) is 165 Å². The number of aliphatic hydroxyl groups is 1. The predicted octanol–water partition coefficient (Wildman–Crippen LogP) is 13.7. The number of fused-ring (bicyclic) bond motifs is 5. The van der Waals surface area contributed by atoms with Gasteiger partial charge in [-0.3, -0.25) is 4.79 Å². The number of nitrogens with zero attached hydrogens (tertiary/aromatic N) is 3. The highest BCUT2D eigenvalue weighted by Gasteiger charge is 2.25. The number of H-pyrrole nitrogens is 1. The molecule has 322 valence electrons. The number of aliphatic imine (C=N–C) groups is 3. The topological polar surface area (TPSA) is 90.2 Å². The number of aromatic nitrogens is 1. The highest BCUT2D eigenvalue weighted by molar-refractivity contribution is 6.51. The molecular weight excluding hydrogens is 761 g/mol. The van der Waals surface area contributed by atoms with Crippen molar-refractivity contribution in [1.82, 2.24) is 4.98 Å². The van der Waals surface area contributed by atoms with Gasteiger partial charge >= 0.3 is 0 Å². The van der Waals surface area contributed by atoms with Crippen molar-refractivity contribution >= 4 is 52.0 Å². The Kier molecular flexibility index (Phi) is 16.5. The lowest BCUT2D eigenvalue weighted by molar-refractivity contribution is 0.112. The number of aromatic amines is 1. The van der Waals surface area contributed by atoms with E-state index in [2.05, 4.69) is 67.4 Å². The number of hydrogen-bond acceptors (Lipinski definition) is 5. The van der Waals surface area contributed by atoms with Crippen molar-refractivity contribution in [1.29, 1.82) is 0 Å². The maximum absolute atomic E-state index is 11.7. The first-order valence-corrected chi connectivity index (χ1v) is 23.8. The first-order valence-electron chi connectivity index (χ1n) is 23.8. The number of aliphatic hydroxyl groups excluding tert-OH is 1. The van der Waals surface area contributed by atoms with Crippen LogP contribution in [0.3, 0.4) is 0 Å². The average molecular weight is 827 g/mol. The van der Waals surface area contributed by atoms with Gasteiger partial charge in [-0.2, -0.15) is 0 Å². The number of hydrogen-bond donors (Lipinski definition) is 2. The van der Waals surface area contributed by atoms with E-state index in [1.54, 1.807) is 0 Å². The van der Waals surface area contributed by atoms with Gasteiger partial charge in [0.1, 0.15) is 6.29 Å². The minimum absolute atomic E-state index is 0.625. The van der Waals surface area contributed by atoms with Gasteiger partial charge in [-0.05, 0) is 85.1 Å². The van der Waals surface area contributed by atoms with Gasteiger partial charge < -0.3 is 10.1 Å². The van der Waals surface area contributed by atoms with Crippen LogP contribution >= 0.6 is 0 Å². The Labute approximate surface area is 369 Å². The van der Waals surface area contributed by atoms with E-state index in [-0.39, 0.29) is 0 Å². The minimum atomic E-state index is 0.625. The van der Waals surface area contributed by atoms with Gasteiger partial charge in [0.05, 0.1) is 40.5 Å². The van der Waals surface area contributed by atoms with E-state index in [0.717, 1.165) is 111 Å². The Hall–Kier alpha value is -5.62. The predicted molar refractivity (Wildman–Crippen MR) is 263 cm³/mol. The fraction of sp³-hybridized carbons (Fsp3) is 0.393. The summed E-state index contributed by atoms with van der Waals surface area (Å²) in [6, 6.07) is 20.1. The molecule has 4 aliphatic rings. The van der Waals surface area contributed by atoms with Crippen molar-refractivity contribution < 1.29 is 9.90 Å².